The van der Waals surface area contributed by atoms with Crippen molar-refractivity contribution in [2.75, 3.05) is 19.8 Å². The molecule has 1 aromatic carbocycles. The van der Waals surface area contributed by atoms with Crippen LogP contribution in [-0.4, -0.2) is 25.0 Å². The molecule has 1 aromatic rings. The van der Waals surface area contributed by atoms with E-state index in [9.17, 15) is 0 Å². The Balaban J connectivity index is 1.98. The van der Waals surface area contributed by atoms with Crippen molar-refractivity contribution in [1.29, 1.82) is 0 Å². The van der Waals surface area contributed by atoms with E-state index in [-0.39, 0.29) is 0 Å². The molecule has 0 spiro atoms. The predicted octanol–water partition coefficient (Wildman–Crippen LogP) is 3.23. The van der Waals surface area contributed by atoms with Crippen molar-refractivity contribution in [2.24, 2.45) is 5.92 Å². The molecule has 1 aliphatic rings. The minimum Gasteiger partial charge on any atom is -0.379 e. The number of nitrogens with one attached hydrogen (secondary N) is 1. The van der Waals surface area contributed by atoms with E-state index in [0.29, 0.717) is 11.2 Å². The van der Waals surface area contributed by atoms with E-state index in [1.54, 1.807) is 0 Å². The topological polar surface area (TPSA) is 21.3 Å². The Hall–Kier alpha value is -0.510. The molecule has 0 saturated carbocycles. The van der Waals surface area contributed by atoms with E-state index in [2.05, 4.69) is 44.3 Å². The molecule has 0 aromatic heterocycles. The van der Waals surface area contributed by atoms with Gasteiger partial charge < -0.3 is 10.1 Å². The normalized spacial score (nSPS) is 16.0. The third kappa shape index (κ3) is 4.01. The minimum absolute atomic E-state index is 0.650. The van der Waals surface area contributed by atoms with Gasteiger partial charge in [0.1, 0.15) is 0 Å². The molecule has 1 heterocycles. The zero-order chi connectivity index (χ0) is 13.0. The molecule has 1 fully saturated rings. The first-order chi connectivity index (χ1) is 8.65. The minimum atomic E-state index is 0.650. The molecule has 1 N–H and O–H groups in total. The molecule has 1 aliphatic heterocycles. The zero-order valence-electron chi connectivity index (χ0n) is 11.5. The van der Waals surface area contributed by atoms with Gasteiger partial charge >= 0.3 is 0 Å². The third-order valence-electron chi connectivity index (χ3n) is 2.99. The third-order valence-corrected chi connectivity index (χ3v) is 4.24. The van der Waals surface area contributed by atoms with Crippen LogP contribution in [0.25, 0.3) is 0 Å². The van der Waals surface area contributed by atoms with E-state index in [1.807, 2.05) is 11.8 Å². The zero-order valence-corrected chi connectivity index (χ0v) is 12.3. The van der Waals surface area contributed by atoms with E-state index < -0.39 is 0 Å². The summed E-state index contributed by atoms with van der Waals surface area (Å²) in [5.74, 6) is 0.700. The molecule has 3 heteroatoms. The molecule has 0 bridgehead atoms. The lowest BCUT2D eigenvalue weighted by Gasteiger charge is -2.26. The molecule has 0 aliphatic carbocycles. The molecule has 2 nitrogen and oxygen atoms in total. The highest BCUT2D eigenvalue weighted by Gasteiger charge is 2.20. The van der Waals surface area contributed by atoms with Gasteiger partial charge in [0.15, 0.2) is 0 Å². The average molecular weight is 265 g/mol. The molecule has 1 saturated heterocycles. The van der Waals surface area contributed by atoms with Crippen LogP contribution in [0.4, 0.5) is 0 Å². The van der Waals surface area contributed by atoms with Gasteiger partial charge in [-0.25, -0.2) is 0 Å². The van der Waals surface area contributed by atoms with Crippen LogP contribution >= 0.6 is 11.8 Å². The number of hydrogen-bond donors (Lipinski definition) is 1. The summed E-state index contributed by atoms with van der Waals surface area (Å²) < 4.78 is 5.25. The van der Waals surface area contributed by atoms with E-state index in [0.717, 1.165) is 26.3 Å². The smallest absolute Gasteiger partial charge is 0.0611 e. The van der Waals surface area contributed by atoms with Crippen LogP contribution in [-0.2, 0) is 11.3 Å². The molecular formula is C15H23NOS. The van der Waals surface area contributed by atoms with Gasteiger partial charge in [-0.15, -0.1) is 11.8 Å². The summed E-state index contributed by atoms with van der Waals surface area (Å²) in [5, 5.41) is 4.18. The van der Waals surface area contributed by atoms with Gasteiger partial charge in [0, 0.05) is 11.4 Å². The second kappa shape index (κ2) is 6.60. The van der Waals surface area contributed by atoms with Gasteiger partial charge in [-0.1, -0.05) is 31.5 Å². The number of thioether (sulfide) groups is 1. The average Bonchev–Trinajstić information content (AvgIpc) is 2.25. The van der Waals surface area contributed by atoms with E-state index >= 15 is 0 Å². The maximum atomic E-state index is 5.25. The van der Waals surface area contributed by atoms with Crippen LogP contribution in [0.15, 0.2) is 23.1 Å². The molecule has 100 valence electrons. The second-order valence-corrected chi connectivity index (χ2v) is 6.76. The van der Waals surface area contributed by atoms with Crippen LogP contribution in [0, 0.1) is 12.8 Å². The SMILES string of the molecule is Cc1ccc(SC2COC2)c(CNCC(C)C)c1. The van der Waals surface area contributed by atoms with Crippen molar-refractivity contribution in [1.82, 2.24) is 5.32 Å². The van der Waals surface area contributed by atoms with Crippen LogP contribution in [0.2, 0.25) is 0 Å². The lowest BCUT2D eigenvalue weighted by molar-refractivity contribution is 0.0455. The fourth-order valence-electron chi connectivity index (χ4n) is 1.92. The van der Waals surface area contributed by atoms with Gasteiger partial charge in [-0.2, -0.15) is 0 Å². The summed E-state index contributed by atoms with van der Waals surface area (Å²) >= 11 is 1.96. The van der Waals surface area contributed by atoms with Crippen molar-refractivity contribution in [3.8, 4) is 0 Å². The lowest BCUT2D eigenvalue weighted by Crippen LogP contribution is -2.30. The maximum absolute atomic E-state index is 5.25. The first-order valence-corrected chi connectivity index (χ1v) is 7.57. The molecule has 2 rings (SSSR count). The van der Waals surface area contributed by atoms with Gasteiger partial charge in [-0.3, -0.25) is 0 Å². The highest BCUT2D eigenvalue weighted by Crippen LogP contribution is 2.31. The quantitative estimate of drug-likeness (QED) is 0.853. The standard InChI is InChI=1S/C15H23NOS/c1-11(2)7-16-8-13-6-12(3)4-5-15(13)18-14-9-17-10-14/h4-6,11,14,16H,7-10H2,1-3H3. The van der Waals surface area contributed by atoms with Crippen molar-refractivity contribution in [2.45, 2.75) is 37.5 Å². The largest absolute Gasteiger partial charge is 0.379 e. The lowest BCUT2D eigenvalue weighted by atomic mass is 10.1. The van der Waals surface area contributed by atoms with Crippen molar-refractivity contribution >= 4 is 11.8 Å². The number of benzene rings is 1. The first kappa shape index (κ1) is 13.9. The van der Waals surface area contributed by atoms with Gasteiger partial charge in [0.05, 0.1) is 18.5 Å². The molecule has 0 radical (unpaired) electrons. The van der Waals surface area contributed by atoms with Gasteiger partial charge in [0.25, 0.3) is 0 Å². The van der Waals surface area contributed by atoms with E-state index in [1.165, 1.54) is 16.0 Å². The summed E-state index contributed by atoms with van der Waals surface area (Å²) in [4.78, 5) is 1.41. The number of aryl methyl sites for hydroxylation is 1. The van der Waals surface area contributed by atoms with Crippen LogP contribution in [0.5, 0.6) is 0 Å². The molecule has 18 heavy (non-hydrogen) atoms. The number of ether oxygens (including phenoxy) is 1. The summed E-state index contributed by atoms with van der Waals surface area (Å²) in [6, 6.07) is 6.76. The monoisotopic (exact) mass is 265 g/mol. The van der Waals surface area contributed by atoms with Gasteiger partial charge in [-0.05, 0) is 31.0 Å². The van der Waals surface area contributed by atoms with Gasteiger partial charge in [0.2, 0.25) is 0 Å². The van der Waals surface area contributed by atoms with Crippen molar-refractivity contribution in [3.63, 3.8) is 0 Å². The Kier molecular flexibility index (Phi) is 5.10. The number of hydrogen-bond acceptors (Lipinski definition) is 3. The van der Waals surface area contributed by atoms with Crippen LogP contribution in [0.1, 0.15) is 25.0 Å². The Morgan fingerprint density at radius 3 is 2.78 bits per heavy atom. The number of rotatable bonds is 6. The Labute approximate surface area is 114 Å². The maximum Gasteiger partial charge on any atom is 0.0611 e. The summed E-state index contributed by atoms with van der Waals surface area (Å²) in [6.45, 7) is 10.5. The second-order valence-electron chi connectivity index (χ2n) is 5.41. The van der Waals surface area contributed by atoms with Crippen LogP contribution in [0.3, 0.4) is 0 Å². The Morgan fingerprint density at radius 1 is 1.39 bits per heavy atom. The summed E-state index contributed by atoms with van der Waals surface area (Å²) in [6.07, 6.45) is 0. The predicted molar refractivity (Wildman–Crippen MR) is 78.2 cm³/mol. The molecular weight excluding hydrogens is 242 g/mol. The fourth-order valence-corrected chi connectivity index (χ4v) is 3.04. The molecule has 0 unspecified atom stereocenters. The van der Waals surface area contributed by atoms with E-state index in [4.69, 9.17) is 4.74 Å². The Bertz CT molecular complexity index is 388. The fraction of sp³-hybridized carbons (Fsp3) is 0.600. The first-order valence-electron chi connectivity index (χ1n) is 6.70. The summed E-state index contributed by atoms with van der Waals surface area (Å²) in [7, 11) is 0. The van der Waals surface area contributed by atoms with Crippen LogP contribution < -0.4 is 5.32 Å². The highest BCUT2D eigenvalue weighted by atomic mass is 32.2. The van der Waals surface area contributed by atoms with Crippen molar-refractivity contribution < 1.29 is 4.74 Å². The highest BCUT2D eigenvalue weighted by molar-refractivity contribution is 8.00. The molecule has 0 atom stereocenters. The summed E-state index contributed by atoms with van der Waals surface area (Å²) in [5.41, 5.74) is 2.76. The van der Waals surface area contributed by atoms with Crippen molar-refractivity contribution in [3.05, 3.63) is 29.3 Å². The Morgan fingerprint density at radius 2 is 2.17 bits per heavy atom. The molecule has 0 amide bonds.